The van der Waals surface area contributed by atoms with Crippen LogP contribution in [0.4, 0.5) is 9.93 Å². The highest BCUT2D eigenvalue weighted by molar-refractivity contribution is 7.89. The number of sulfonamides is 1. The molecule has 38 heavy (non-hydrogen) atoms. The van der Waals surface area contributed by atoms with E-state index in [4.69, 9.17) is 4.74 Å². The van der Waals surface area contributed by atoms with Crippen LogP contribution in [0, 0.1) is 13.8 Å². The van der Waals surface area contributed by atoms with Gasteiger partial charge in [-0.3, -0.25) is 10.1 Å². The van der Waals surface area contributed by atoms with E-state index in [1.807, 2.05) is 31.4 Å². The molecule has 0 spiro atoms. The first-order chi connectivity index (χ1) is 17.8. The second-order valence-electron chi connectivity index (χ2n) is 10.2. The Morgan fingerprint density at radius 1 is 1.00 bits per heavy atom. The van der Waals surface area contributed by atoms with Gasteiger partial charge >= 0.3 is 6.09 Å². The molecule has 0 saturated carbocycles. The van der Waals surface area contributed by atoms with E-state index in [-0.39, 0.29) is 37.0 Å². The number of aryl methyl sites for hydroxylation is 2. The van der Waals surface area contributed by atoms with Gasteiger partial charge in [0.25, 0.3) is 5.91 Å². The van der Waals surface area contributed by atoms with Gasteiger partial charge in [-0.05, 0) is 70.5 Å². The van der Waals surface area contributed by atoms with Crippen molar-refractivity contribution in [1.29, 1.82) is 0 Å². The molecule has 9 nitrogen and oxygen atoms in total. The Kier molecular flexibility index (Phi) is 7.91. The number of aromatic nitrogens is 1. The molecule has 1 aromatic heterocycles. The molecule has 2 amide bonds. The lowest BCUT2D eigenvalue weighted by Gasteiger charge is -2.34. The molecular weight excluding hydrogens is 524 g/mol. The Morgan fingerprint density at radius 2 is 1.66 bits per heavy atom. The quantitative estimate of drug-likeness (QED) is 0.478. The molecule has 11 heteroatoms. The summed E-state index contributed by atoms with van der Waals surface area (Å²) in [5.74, 6) is -0.373. The van der Waals surface area contributed by atoms with Crippen LogP contribution < -0.4 is 5.32 Å². The molecule has 202 valence electrons. The summed E-state index contributed by atoms with van der Waals surface area (Å²) in [6.45, 7) is 10.2. The molecule has 2 heterocycles. The predicted molar refractivity (Wildman–Crippen MR) is 148 cm³/mol. The molecule has 1 aliphatic rings. The summed E-state index contributed by atoms with van der Waals surface area (Å²) in [4.78, 5) is 31.2. The van der Waals surface area contributed by atoms with E-state index in [9.17, 15) is 18.0 Å². The summed E-state index contributed by atoms with van der Waals surface area (Å²) >= 11 is 1.33. The highest BCUT2D eigenvalue weighted by Crippen LogP contribution is 2.28. The number of benzene rings is 2. The fourth-order valence-corrected chi connectivity index (χ4v) is 6.13. The molecular formula is C27H32N4O5S2. The van der Waals surface area contributed by atoms with Crippen LogP contribution in [0.15, 0.2) is 52.7 Å². The van der Waals surface area contributed by atoms with E-state index in [0.29, 0.717) is 10.7 Å². The largest absolute Gasteiger partial charge is 0.444 e. The molecule has 1 fully saturated rings. The first-order valence-electron chi connectivity index (χ1n) is 12.3. The number of anilines is 1. The maximum Gasteiger partial charge on any atom is 0.410 e. The lowest BCUT2D eigenvalue weighted by molar-refractivity contribution is 0.0192. The Balaban J connectivity index is 1.38. The molecule has 1 saturated heterocycles. The van der Waals surface area contributed by atoms with E-state index in [2.05, 4.69) is 16.4 Å². The van der Waals surface area contributed by atoms with Crippen LogP contribution in [-0.4, -0.2) is 66.4 Å². The zero-order valence-electron chi connectivity index (χ0n) is 22.1. The van der Waals surface area contributed by atoms with Crippen LogP contribution >= 0.6 is 11.3 Å². The van der Waals surface area contributed by atoms with Crippen molar-refractivity contribution in [3.8, 4) is 11.3 Å². The first kappa shape index (κ1) is 27.7. The van der Waals surface area contributed by atoms with Crippen molar-refractivity contribution in [3.05, 3.63) is 64.5 Å². The maximum atomic E-state index is 13.1. The lowest BCUT2D eigenvalue weighted by Crippen LogP contribution is -2.51. The van der Waals surface area contributed by atoms with E-state index in [1.165, 1.54) is 44.8 Å². The average molecular weight is 557 g/mol. The first-order valence-corrected chi connectivity index (χ1v) is 14.6. The van der Waals surface area contributed by atoms with E-state index < -0.39 is 21.7 Å². The Bertz CT molecular complexity index is 1430. The fraction of sp³-hybridized carbons (Fsp3) is 0.370. The second kappa shape index (κ2) is 10.8. The van der Waals surface area contributed by atoms with Crippen LogP contribution in [0.3, 0.4) is 0 Å². The summed E-state index contributed by atoms with van der Waals surface area (Å²) in [5, 5.41) is 5.16. The van der Waals surface area contributed by atoms with E-state index in [0.717, 1.165) is 22.4 Å². The Labute approximate surface area is 227 Å². The minimum Gasteiger partial charge on any atom is -0.444 e. The molecule has 4 rings (SSSR count). The van der Waals surface area contributed by atoms with Gasteiger partial charge < -0.3 is 9.64 Å². The number of carbonyl (C=O) groups excluding carboxylic acids is 2. The number of thiazole rings is 1. The van der Waals surface area contributed by atoms with Gasteiger partial charge in [0.2, 0.25) is 10.0 Å². The predicted octanol–water partition coefficient (Wildman–Crippen LogP) is 4.92. The van der Waals surface area contributed by atoms with Crippen molar-refractivity contribution >= 4 is 38.5 Å². The van der Waals surface area contributed by atoms with Crippen LogP contribution in [0.5, 0.6) is 0 Å². The van der Waals surface area contributed by atoms with E-state index in [1.54, 1.807) is 20.8 Å². The van der Waals surface area contributed by atoms with Gasteiger partial charge in [-0.25, -0.2) is 18.2 Å². The van der Waals surface area contributed by atoms with Crippen LogP contribution in [0.1, 0.15) is 42.3 Å². The van der Waals surface area contributed by atoms with Crippen molar-refractivity contribution in [2.75, 3.05) is 31.5 Å². The average Bonchev–Trinajstić information content (AvgIpc) is 3.32. The van der Waals surface area contributed by atoms with Crippen molar-refractivity contribution < 1.29 is 22.7 Å². The Morgan fingerprint density at radius 3 is 2.29 bits per heavy atom. The van der Waals surface area contributed by atoms with Gasteiger partial charge in [0, 0.05) is 42.7 Å². The number of carbonyl (C=O) groups is 2. The summed E-state index contributed by atoms with van der Waals surface area (Å²) < 4.78 is 33.0. The molecule has 1 N–H and O–H groups in total. The zero-order chi connectivity index (χ0) is 27.7. The van der Waals surface area contributed by atoms with Crippen molar-refractivity contribution in [3.63, 3.8) is 0 Å². The number of nitrogens with one attached hydrogen (secondary N) is 1. The monoisotopic (exact) mass is 556 g/mol. The molecule has 1 aliphatic heterocycles. The summed E-state index contributed by atoms with van der Waals surface area (Å²) in [6, 6.07) is 12.0. The molecule has 0 aliphatic carbocycles. The fourth-order valence-electron chi connectivity index (χ4n) is 4.00. The summed E-state index contributed by atoms with van der Waals surface area (Å²) in [7, 11) is -3.77. The second-order valence-corrected chi connectivity index (χ2v) is 13.0. The van der Waals surface area contributed by atoms with Crippen molar-refractivity contribution in [2.24, 2.45) is 0 Å². The number of amides is 2. The number of rotatable bonds is 5. The number of piperazine rings is 1. The third kappa shape index (κ3) is 6.40. The number of nitrogens with zero attached hydrogens (tertiary/aromatic N) is 3. The normalized spacial score (nSPS) is 14.8. The standard InChI is InChI=1S/C27H32N4O5S2/c1-18-6-7-19(2)22(16-18)23-17-37-25(28-23)29-24(32)20-8-10-21(11-9-20)38(34,35)31-14-12-30(13-15-31)26(33)36-27(3,4)5/h6-11,16-17H,12-15H2,1-5H3,(H,28,29,32). The third-order valence-electron chi connectivity index (χ3n) is 6.04. The number of hydrogen-bond acceptors (Lipinski definition) is 7. The number of hydrogen-bond donors (Lipinski definition) is 1. The summed E-state index contributed by atoms with van der Waals surface area (Å²) in [6.07, 6.45) is -0.453. The Hall–Kier alpha value is -3.28. The van der Waals surface area contributed by atoms with Crippen molar-refractivity contribution in [1.82, 2.24) is 14.2 Å². The molecule has 0 unspecified atom stereocenters. The van der Waals surface area contributed by atoms with Gasteiger partial charge in [0.15, 0.2) is 5.13 Å². The zero-order valence-corrected chi connectivity index (χ0v) is 23.8. The van der Waals surface area contributed by atoms with E-state index >= 15 is 0 Å². The van der Waals surface area contributed by atoms with Gasteiger partial charge in [0.05, 0.1) is 10.6 Å². The highest BCUT2D eigenvalue weighted by Gasteiger charge is 2.32. The molecule has 0 radical (unpaired) electrons. The summed E-state index contributed by atoms with van der Waals surface area (Å²) in [5.41, 5.74) is 3.74. The van der Waals surface area contributed by atoms with Gasteiger partial charge in [-0.2, -0.15) is 4.31 Å². The maximum absolute atomic E-state index is 13.1. The van der Waals surface area contributed by atoms with Crippen LogP contribution in [0.2, 0.25) is 0 Å². The SMILES string of the molecule is Cc1ccc(C)c(-c2csc(NC(=O)c3ccc(S(=O)(=O)N4CCN(C(=O)OC(C)(C)C)CC4)cc3)n2)c1. The van der Waals surface area contributed by atoms with Gasteiger partial charge in [-0.15, -0.1) is 11.3 Å². The van der Waals surface area contributed by atoms with Crippen molar-refractivity contribution in [2.45, 2.75) is 45.1 Å². The van der Waals surface area contributed by atoms with Gasteiger partial charge in [-0.1, -0.05) is 17.7 Å². The minimum atomic E-state index is -3.77. The minimum absolute atomic E-state index is 0.0891. The lowest BCUT2D eigenvalue weighted by atomic mass is 10.0. The molecule has 2 aromatic carbocycles. The molecule has 0 bridgehead atoms. The topological polar surface area (TPSA) is 109 Å². The molecule has 3 aromatic rings. The number of ether oxygens (including phenoxy) is 1. The molecule has 0 atom stereocenters. The van der Waals surface area contributed by atoms with Crippen LogP contribution in [-0.2, 0) is 14.8 Å². The van der Waals surface area contributed by atoms with Gasteiger partial charge in [0.1, 0.15) is 5.60 Å². The van der Waals surface area contributed by atoms with Crippen LogP contribution in [0.25, 0.3) is 11.3 Å². The highest BCUT2D eigenvalue weighted by atomic mass is 32.2. The smallest absolute Gasteiger partial charge is 0.410 e. The third-order valence-corrected chi connectivity index (χ3v) is 8.71.